The molecule has 15 heteroatoms. The predicted molar refractivity (Wildman–Crippen MR) is 152 cm³/mol. The summed E-state index contributed by atoms with van der Waals surface area (Å²) in [5.41, 5.74) is -4.09. The summed E-state index contributed by atoms with van der Waals surface area (Å²) >= 11 is 0. The van der Waals surface area contributed by atoms with Crippen LogP contribution in [0.1, 0.15) is 40.7 Å². The fraction of sp³-hybridized carbons (Fsp3) is 0.345. The minimum absolute atomic E-state index is 0.0157. The molecule has 0 saturated carbocycles. The molecule has 0 aliphatic carbocycles. The van der Waals surface area contributed by atoms with Gasteiger partial charge < -0.3 is 25.0 Å². The highest BCUT2D eigenvalue weighted by molar-refractivity contribution is 6.07. The van der Waals surface area contributed by atoms with Crippen LogP contribution in [0.3, 0.4) is 0 Å². The molecule has 1 amide bonds. The Morgan fingerprint density at radius 1 is 1.18 bits per heavy atom. The van der Waals surface area contributed by atoms with Crippen molar-refractivity contribution in [2.45, 2.75) is 25.6 Å². The maximum Gasteiger partial charge on any atom is 0.417 e. The van der Waals surface area contributed by atoms with Gasteiger partial charge in [0.2, 0.25) is 11.4 Å². The zero-order chi connectivity index (χ0) is 31.8. The molecule has 2 aromatic heterocycles. The van der Waals surface area contributed by atoms with Gasteiger partial charge >= 0.3 is 6.18 Å². The van der Waals surface area contributed by atoms with E-state index in [9.17, 15) is 22.8 Å². The summed E-state index contributed by atoms with van der Waals surface area (Å²) in [6, 6.07) is 4.77. The number of aromatic nitrogens is 3. The number of benzene rings is 1. The average molecular weight is 615 g/mol. The number of H-pyrrole nitrogens is 1. The van der Waals surface area contributed by atoms with E-state index < -0.39 is 51.7 Å². The highest BCUT2D eigenvalue weighted by atomic mass is 19.4. The van der Waals surface area contributed by atoms with Crippen molar-refractivity contribution < 1.29 is 26.7 Å². The van der Waals surface area contributed by atoms with Gasteiger partial charge in [0.15, 0.2) is 5.82 Å². The lowest BCUT2D eigenvalue weighted by Crippen LogP contribution is -2.50. The van der Waals surface area contributed by atoms with Crippen LogP contribution in [0.4, 0.5) is 39.1 Å². The van der Waals surface area contributed by atoms with Crippen LogP contribution >= 0.6 is 0 Å². The number of halogens is 5. The zero-order valence-electron chi connectivity index (χ0n) is 23.7. The number of hydrogen-bond acceptors (Lipinski definition) is 8. The number of rotatable bonds is 5. The first kappa shape index (κ1) is 30.6. The Kier molecular flexibility index (Phi) is 8.38. The molecule has 10 nitrogen and oxygen atoms in total. The minimum atomic E-state index is -5.04. The molecule has 44 heavy (non-hydrogen) atoms. The monoisotopic (exact) mass is 614 g/mol. The van der Waals surface area contributed by atoms with Crippen molar-refractivity contribution >= 4 is 28.7 Å². The highest BCUT2D eigenvalue weighted by Crippen LogP contribution is 2.39. The highest BCUT2D eigenvalue weighted by Gasteiger charge is 2.37. The Bertz CT molecular complexity index is 1730. The number of aromatic amines is 1. The van der Waals surface area contributed by atoms with Crippen LogP contribution in [0.25, 0.3) is 5.57 Å². The molecule has 0 spiro atoms. The number of nitrogens with one attached hydrogen (secondary N) is 2. The number of anilines is 3. The first-order valence-corrected chi connectivity index (χ1v) is 13.6. The maximum absolute atomic E-state index is 16.4. The van der Waals surface area contributed by atoms with Gasteiger partial charge in [0, 0.05) is 63.3 Å². The van der Waals surface area contributed by atoms with Crippen LogP contribution in [0, 0.1) is 23.0 Å². The van der Waals surface area contributed by atoms with E-state index in [2.05, 4.69) is 20.3 Å². The molecule has 1 saturated heterocycles. The van der Waals surface area contributed by atoms with Crippen LogP contribution in [-0.4, -0.2) is 71.6 Å². The number of carbonyl (C=O) groups is 1. The second-order valence-electron chi connectivity index (χ2n) is 10.6. The van der Waals surface area contributed by atoms with Gasteiger partial charge in [0.1, 0.15) is 23.4 Å². The smallest absolute Gasteiger partial charge is 0.367 e. The van der Waals surface area contributed by atoms with Gasteiger partial charge in [-0.3, -0.25) is 9.59 Å². The van der Waals surface area contributed by atoms with E-state index in [1.165, 1.54) is 6.20 Å². The molecule has 1 atom stereocenters. The van der Waals surface area contributed by atoms with Crippen molar-refractivity contribution in [1.82, 2.24) is 19.9 Å². The van der Waals surface area contributed by atoms with E-state index in [0.717, 1.165) is 6.07 Å². The molecule has 2 aliphatic rings. The van der Waals surface area contributed by atoms with Gasteiger partial charge in [-0.15, -0.1) is 0 Å². The van der Waals surface area contributed by atoms with E-state index in [1.54, 1.807) is 21.9 Å². The van der Waals surface area contributed by atoms with Crippen molar-refractivity contribution in [3.8, 4) is 6.07 Å². The summed E-state index contributed by atoms with van der Waals surface area (Å²) < 4.78 is 73.3. The third-order valence-corrected chi connectivity index (χ3v) is 7.81. The maximum atomic E-state index is 16.4. The fourth-order valence-electron chi connectivity index (χ4n) is 5.29. The summed E-state index contributed by atoms with van der Waals surface area (Å²) in [5.74, 6) is -2.92. The van der Waals surface area contributed by atoms with Gasteiger partial charge in [-0.05, 0) is 32.0 Å². The van der Waals surface area contributed by atoms with Crippen molar-refractivity contribution in [3.05, 3.63) is 81.2 Å². The third-order valence-electron chi connectivity index (χ3n) is 7.81. The van der Waals surface area contributed by atoms with Crippen LogP contribution < -0.4 is 20.7 Å². The number of hydrogen-bond donors (Lipinski definition) is 2. The molecular formula is C29H27F5N8O2. The SMILES string of the molecule is C[C@H]1CN(c2cc(F)c(C3=CCN(c4ccnc(C#N)n4)CC3)c(F)c2NC(=O)c2c[nH]c(=O)cc2C(F)(F)F)CCN1C. The summed E-state index contributed by atoms with van der Waals surface area (Å²) in [5, 5.41) is 11.3. The molecule has 1 aromatic carbocycles. The van der Waals surface area contributed by atoms with Crippen LogP contribution in [0.2, 0.25) is 0 Å². The van der Waals surface area contributed by atoms with Crippen LogP contribution in [0.15, 0.2) is 41.5 Å². The standard InChI is InChI=1S/C29H27F5N8O2/c1-16-15-42(10-9-40(16)2)21-12-20(30)25(17-4-7-41(8-5-17)23-3-6-36-22(13-35)38-23)26(31)27(21)39-28(44)18-14-37-24(43)11-19(18)29(32,33)34/h3-4,6,11-12,14,16H,5,7-10,15H2,1-2H3,(H,37,43)(H,39,44)/t16-/m0/s1. The summed E-state index contributed by atoms with van der Waals surface area (Å²) in [7, 11) is 1.89. The number of amides is 1. The summed E-state index contributed by atoms with van der Waals surface area (Å²) in [4.78, 5) is 40.4. The zero-order valence-corrected chi connectivity index (χ0v) is 23.7. The Balaban J connectivity index is 1.55. The second kappa shape index (κ2) is 12.0. The minimum Gasteiger partial charge on any atom is -0.367 e. The van der Waals surface area contributed by atoms with E-state index in [4.69, 9.17) is 5.26 Å². The lowest BCUT2D eigenvalue weighted by molar-refractivity contribution is -0.138. The summed E-state index contributed by atoms with van der Waals surface area (Å²) in [6.07, 6.45) is -1.25. The number of carbonyl (C=O) groups excluding carboxylic acids is 1. The number of nitrogens with zero attached hydrogens (tertiary/aromatic N) is 6. The van der Waals surface area contributed by atoms with Crippen molar-refractivity contribution in [3.63, 3.8) is 0 Å². The molecule has 4 heterocycles. The average Bonchev–Trinajstić information content (AvgIpc) is 2.99. The van der Waals surface area contributed by atoms with Gasteiger partial charge in [0.05, 0.1) is 22.4 Å². The quantitative estimate of drug-likeness (QED) is 0.414. The third kappa shape index (κ3) is 6.11. The lowest BCUT2D eigenvalue weighted by atomic mass is 9.96. The molecule has 0 radical (unpaired) electrons. The van der Waals surface area contributed by atoms with E-state index in [-0.39, 0.29) is 36.6 Å². The molecule has 5 rings (SSSR count). The largest absolute Gasteiger partial charge is 0.417 e. The Hall–Kier alpha value is -4.84. The molecule has 1 fully saturated rings. The first-order chi connectivity index (χ1) is 20.9. The molecule has 0 bridgehead atoms. The van der Waals surface area contributed by atoms with E-state index in [0.29, 0.717) is 43.8 Å². The normalized spacial score (nSPS) is 17.7. The molecule has 2 aliphatic heterocycles. The number of pyridine rings is 1. The topological polar surface area (TPSA) is 121 Å². The van der Waals surface area contributed by atoms with Crippen LogP contribution in [0.5, 0.6) is 0 Å². The van der Waals surface area contributed by atoms with E-state index in [1.807, 2.05) is 24.9 Å². The molecule has 2 N–H and O–H groups in total. The Morgan fingerprint density at radius 2 is 1.95 bits per heavy atom. The fourth-order valence-corrected chi connectivity index (χ4v) is 5.29. The number of likely N-dealkylation sites (N-methyl/N-ethyl adjacent to an activating group) is 1. The van der Waals surface area contributed by atoms with Crippen molar-refractivity contribution in [2.24, 2.45) is 0 Å². The van der Waals surface area contributed by atoms with Crippen molar-refractivity contribution in [2.75, 3.05) is 54.9 Å². The molecule has 0 unspecified atom stereocenters. The first-order valence-electron chi connectivity index (χ1n) is 13.6. The number of alkyl halides is 3. The number of nitriles is 1. The molecular weight excluding hydrogens is 587 g/mol. The molecule has 3 aromatic rings. The van der Waals surface area contributed by atoms with Gasteiger partial charge in [-0.1, -0.05) is 6.08 Å². The van der Waals surface area contributed by atoms with Gasteiger partial charge in [0.25, 0.3) is 5.91 Å². The van der Waals surface area contributed by atoms with Crippen molar-refractivity contribution in [1.29, 1.82) is 5.26 Å². The number of piperazine rings is 1. The Labute approximate surface area is 248 Å². The summed E-state index contributed by atoms with van der Waals surface area (Å²) in [6.45, 7) is 3.62. The van der Waals surface area contributed by atoms with Gasteiger partial charge in [-0.2, -0.15) is 18.4 Å². The van der Waals surface area contributed by atoms with E-state index >= 15 is 8.78 Å². The predicted octanol–water partition coefficient (Wildman–Crippen LogP) is 4.02. The molecule has 230 valence electrons. The second-order valence-corrected chi connectivity index (χ2v) is 10.6. The van der Waals surface area contributed by atoms with Gasteiger partial charge in [-0.25, -0.2) is 18.7 Å². The lowest BCUT2D eigenvalue weighted by Gasteiger charge is -2.40. The van der Waals surface area contributed by atoms with Crippen LogP contribution in [-0.2, 0) is 6.18 Å². The Morgan fingerprint density at radius 3 is 2.61 bits per heavy atom.